The van der Waals surface area contributed by atoms with Crippen molar-refractivity contribution < 1.29 is 19.7 Å². The summed E-state index contributed by atoms with van der Waals surface area (Å²) in [6, 6.07) is 3.26. The largest absolute Gasteiger partial charge is 0.502 e. The third-order valence-electron chi connectivity index (χ3n) is 1.94. The minimum atomic E-state index is -0.0468. The fraction of sp³-hybridized carbons (Fsp3) is 0.200. The molecule has 0 aliphatic rings. The first-order valence-electron chi connectivity index (χ1n) is 4.67. The van der Waals surface area contributed by atoms with E-state index in [-0.39, 0.29) is 10.9 Å². The van der Waals surface area contributed by atoms with Gasteiger partial charge in [-0.15, -0.1) is 10.5 Å². The van der Waals surface area contributed by atoms with Gasteiger partial charge in [0.05, 0.1) is 14.2 Å². The molecule has 6 nitrogen and oxygen atoms in total. The van der Waals surface area contributed by atoms with E-state index in [0.29, 0.717) is 11.5 Å². The number of hydrogen-bond donors (Lipinski definition) is 4. The van der Waals surface area contributed by atoms with Crippen molar-refractivity contribution in [3.05, 3.63) is 17.7 Å². The van der Waals surface area contributed by atoms with Crippen molar-refractivity contribution in [2.45, 2.75) is 0 Å². The van der Waals surface area contributed by atoms with Crippen LogP contribution in [0.25, 0.3) is 0 Å². The number of aromatic hydroxyl groups is 1. The smallest absolute Gasteiger partial charge is 0.221 e. The predicted molar refractivity (Wildman–Crippen MR) is 67.3 cm³/mol. The van der Waals surface area contributed by atoms with Crippen LogP contribution in [0.1, 0.15) is 5.56 Å². The van der Waals surface area contributed by atoms with Crippen molar-refractivity contribution in [3.8, 4) is 17.2 Å². The van der Waals surface area contributed by atoms with Gasteiger partial charge in [0.25, 0.3) is 0 Å². The van der Waals surface area contributed by atoms with Crippen LogP contribution in [0.3, 0.4) is 0 Å². The maximum atomic E-state index is 9.69. The van der Waals surface area contributed by atoms with Gasteiger partial charge in [-0.05, 0) is 24.4 Å². The molecular formula is C10H14N3O3S+. The Morgan fingerprint density at radius 3 is 2.35 bits per heavy atom. The molecule has 1 aromatic rings. The van der Waals surface area contributed by atoms with Crippen LogP contribution in [0.2, 0.25) is 0 Å². The molecule has 5 N–H and O–H groups in total. The van der Waals surface area contributed by atoms with Gasteiger partial charge in [0, 0.05) is 5.56 Å². The zero-order valence-electron chi connectivity index (χ0n) is 9.48. The maximum Gasteiger partial charge on any atom is 0.221 e. The number of benzene rings is 1. The second-order valence-electron chi connectivity index (χ2n) is 3.05. The van der Waals surface area contributed by atoms with E-state index in [1.807, 2.05) is 0 Å². The lowest BCUT2D eigenvalue weighted by atomic mass is 10.2. The fourth-order valence-corrected chi connectivity index (χ4v) is 1.25. The zero-order valence-corrected chi connectivity index (χ0v) is 10.3. The van der Waals surface area contributed by atoms with Crippen LogP contribution in [0.5, 0.6) is 17.2 Å². The van der Waals surface area contributed by atoms with E-state index < -0.39 is 0 Å². The summed E-state index contributed by atoms with van der Waals surface area (Å²) >= 11 is 4.62. The van der Waals surface area contributed by atoms with Gasteiger partial charge in [0.1, 0.15) is 0 Å². The number of methoxy groups -OCH3 is 2. The number of nitrogens with two attached hydrogens (primary N) is 1. The van der Waals surface area contributed by atoms with E-state index in [4.69, 9.17) is 15.2 Å². The molecule has 92 valence electrons. The van der Waals surface area contributed by atoms with Crippen LogP contribution in [0.15, 0.2) is 12.1 Å². The molecule has 0 heterocycles. The average Bonchev–Trinajstić information content (AvgIpc) is 2.30. The van der Waals surface area contributed by atoms with E-state index >= 15 is 0 Å². The highest BCUT2D eigenvalue weighted by molar-refractivity contribution is 7.80. The molecule has 0 saturated carbocycles. The number of phenols is 1. The second kappa shape index (κ2) is 5.90. The highest BCUT2D eigenvalue weighted by Gasteiger charge is 2.11. The quantitative estimate of drug-likeness (QED) is 0.303. The maximum absolute atomic E-state index is 9.69. The van der Waals surface area contributed by atoms with Crippen LogP contribution in [0.4, 0.5) is 0 Å². The minimum Gasteiger partial charge on any atom is -0.502 e. The molecule has 0 unspecified atom stereocenters. The molecule has 0 radical (unpaired) electrons. The monoisotopic (exact) mass is 256 g/mol. The Balaban J connectivity index is 3.00. The van der Waals surface area contributed by atoms with Gasteiger partial charge < -0.3 is 20.3 Å². The SMILES string of the molecule is COc1cc(/C=[NH+]/NC(N)=S)cc(OC)c1O. The van der Waals surface area contributed by atoms with Crippen molar-refractivity contribution in [2.75, 3.05) is 14.2 Å². The van der Waals surface area contributed by atoms with Crippen molar-refractivity contribution >= 4 is 23.5 Å². The van der Waals surface area contributed by atoms with Crippen molar-refractivity contribution in [3.63, 3.8) is 0 Å². The molecule has 0 atom stereocenters. The van der Waals surface area contributed by atoms with Gasteiger partial charge in [-0.1, -0.05) is 0 Å². The van der Waals surface area contributed by atoms with Gasteiger partial charge in [0.2, 0.25) is 10.9 Å². The van der Waals surface area contributed by atoms with Gasteiger partial charge in [-0.3, -0.25) is 0 Å². The third kappa shape index (κ3) is 3.49. The molecular weight excluding hydrogens is 242 g/mol. The Bertz CT molecular complexity index is 423. The number of thiocarbonyl (C=S) groups is 1. The number of hydrazone groups is 1. The zero-order chi connectivity index (χ0) is 12.8. The van der Waals surface area contributed by atoms with E-state index in [2.05, 4.69) is 22.7 Å². The summed E-state index contributed by atoms with van der Waals surface area (Å²) in [5.41, 5.74) is 8.51. The van der Waals surface area contributed by atoms with Crippen LogP contribution >= 0.6 is 12.2 Å². The molecule has 0 aliphatic heterocycles. The molecule has 0 aliphatic carbocycles. The van der Waals surface area contributed by atoms with Gasteiger partial charge in [-0.25, -0.2) is 0 Å². The lowest BCUT2D eigenvalue weighted by Gasteiger charge is -2.08. The molecule has 0 bridgehead atoms. The van der Waals surface area contributed by atoms with Crippen LogP contribution in [-0.4, -0.2) is 30.7 Å². The van der Waals surface area contributed by atoms with E-state index in [1.54, 1.807) is 18.3 Å². The Morgan fingerprint density at radius 1 is 1.41 bits per heavy atom. The number of ether oxygens (including phenoxy) is 2. The molecule has 1 rings (SSSR count). The highest BCUT2D eigenvalue weighted by atomic mass is 32.1. The molecule has 0 saturated heterocycles. The summed E-state index contributed by atoms with van der Waals surface area (Å²) < 4.78 is 10.0. The Labute approximate surface area is 104 Å². The normalized spacial score (nSPS) is 10.2. The average molecular weight is 256 g/mol. The van der Waals surface area contributed by atoms with Gasteiger partial charge in [0.15, 0.2) is 17.7 Å². The first kappa shape index (κ1) is 13.0. The summed E-state index contributed by atoms with van der Waals surface area (Å²) in [6.45, 7) is 0. The first-order chi connectivity index (χ1) is 8.08. The van der Waals surface area contributed by atoms with Crippen molar-refractivity contribution in [2.24, 2.45) is 5.73 Å². The summed E-state index contributed by atoms with van der Waals surface area (Å²) in [4.78, 5) is 0. The first-order valence-corrected chi connectivity index (χ1v) is 5.08. The minimum absolute atomic E-state index is 0.0468. The van der Waals surface area contributed by atoms with Crippen molar-refractivity contribution in [1.29, 1.82) is 0 Å². The van der Waals surface area contributed by atoms with Crippen LogP contribution in [-0.2, 0) is 0 Å². The Hall–Kier alpha value is -2.02. The lowest BCUT2D eigenvalue weighted by Crippen LogP contribution is -2.82. The van der Waals surface area contributed by atoms with Crippen LogP contribution in [0, 0.1) is 0 Å². The van der Waals surface area contributed by atoms with Crippen molar-refractivity contribution in [1.82, 2.24) is 5.43 Å². The molecule has 1 aromatic carbocycles. The topological polar surface area (TPSA) is 90.7 Å². The molecule has 17 heavy (non-hydrogen) atoms. The molecule has 0 fully saturated rings. The summed E-state index contributed by atoms with van der Waals surface area (Å²) in [6.07, 6.45) is 1.60. The summed E-state index contributed by atoms with van der Waals surface area (Å²) in [5, 5.41) is 12.5. The molecule has 7 heteroatoms. The van der Waals surface area contributed by atoms with E-state index in [1.165, 1.54) is 14.2 Å². The van der Waals surface area contributed by atoms with E-state index in [0.717, 1.165) is 5.56 Å². The van der Waals surface area contributed by atoms with Crippen LogP contribution < -0.4 is 25.7 Å². The van der Waals surface area contributed by atoms with Gasteiger partial charge in [-0.2, -0.15) is 0 Å². The Kier molecular flexibility index (Phi) is 4.53. The predicted octanol–water partition coefficient (Wildman–Crippen LogP) is -1.34. The van der Waals surface area contributed by atoms with E-state index in [9.17, 15) is 5.11 Å². The summed E-state index contributed by atoms with van der Waals surface area (Å²) in [5.74, 6) is 0.579. The number of nitrogens with one attached hydrogen (secondary N) is 2. The highest BCUT2D eigenvalue weighted by Crippen LogP contribution is 2.36. The van der Waals surface area contributed by atoms with Gasteiger partial charge >= 0.3 is 0 Å². The number of phenolic OH excluding ortho intramolecular Hbond substituents is 1. The number of rotatable bonds is 4. The second-order valence-corrected chi connectivity index (χ2v) is 3.49. The standard InChI is InChI=1S/C10H13N3O3S/c1-15-7-3-6(5-12-13-10(11)17)4-8(16-2)9(7)14/h3-5,14H,1-2H3,(H3,11,13,17)/p+1/b12-5+. The molecule has 0 amide bonds. The Morgan fingerprint density at radius 2 is 1.94 bits per heavy atom. The molecule has 0 spiro atoms. The molecule has 0 aromatic heterocycles. The third-order valence-corrected chi connectivity index (χ3v) is 2.04. The summed E-state index contributed by atoms with van der Waals surface area (Å²) in [7, 11) is 2.91. The number of hydrazine groups is 1. The number of hydrogen-bond acceptors (Lipinski definition) is 4. The fourth-order valence-electron chi connectivity index (χ4n) is 1.19. The lowest BCUT2D eigenvalue weighted by molar-refractivity contribution is -0.499.